The van der Waals surface area contributed by atoms with Crippen molar-refractivity contribution in [3.63, 3.8) is 0 Å². The van der Waals surface area contributed by atoms with Crippen molar-refractivity contribution in [2.24, 2.45) is 5.41 Å². The van der Waals surface area contributed by atoms with Gasteiger partial charge in [-0.2, -0.15) is 0 Å². The third-order valence-corrected chi connectivity index (χ3v) is 2.99. The maximum absolute atomic E-state index is 11.9. The summed E-state index contributed by atoms with van der Waals surface area (Å²) in [6.45, 7) is 5.63. The molecule has 20 heavy (non-hydrogen) atoms. The van der Waals surface area contributed by atoms with Crippen LogP contribution in [0.15, 0.2) is 24.3 Å². The molecule has 0 saturated heterocycles. The zero-order valence-corrected chi connectivity index (χ0v) is 13.0. The number of hydrogen-bond donors (Lipinski definition) is 1. The van der Waals surface area contributed by atoms with Gasteiger partial charge in [0.15, 0.2) is 0 Å². The Labute approximate surface area is 121 Å². The van der Waals surface area contributed by atoms with Crippen molar-refractivity contribution in [2.45, 2.75) is 33.6 Å². The van der Waals surface area contributed by atoms with Gasteiger partial charge in [-0.15, -0.1) is 0 Å². The van der Waals surface area contributed by atoms with E-state index in [1.165, 1.54) is 0 Å². The number of rotatable bonds is 4. The zero-order valence-electron chi connectivity index (χ0n) is 13.0. The van der Waals surface area contributed by atoms with E-state index in [9.17, 15) is 9.59 Å². The quantitative estimate of drug-likeness (QED) is 0.919. The van der Waals surface area contributed by atoms with Crippen LogP contribution in [0.5, 0.6) is 0 Å². The van der Waals surface area contributed by atoms with E-state index in [4.69, 9.17) is 0 Å². The fourth-order valence-corrected chi connectivity index (χ4v) is 1.60. The van der Waals surface area contributed by atoms with Gasteiger partial charge in [-0.05, 0) is 24.1 Å². The normalized spacial score (nSPS) is 11.1. The number of nitrogens with one attached hydrogen (secondary N) is 1. The van der Waals surface area contributed by atoms with Crippen LogP contribution in [0.3, 0.4) is 0 Å². The van der Waals surface area contributed by atoms with Crippen LogP contribution in [0.4, 0.5) is 5.69 Å². The fourth-order valence-electron chi connectivity index (χ4n) is 1.60. The predicted molar refractivity (Wildman–Crippen MR) is 81.5 cm³/mol. The molecule has 1 aromatic rings. The second-order valence-electron chi connectivity index (χ2n) is 6.19. The van der Waals surface area contributed by atoms with Crippen LogP contribution in [0.2, 0.25) is 0 Å². The van der Waals surface area contributed by atoms with Crippen LogP contribution in [0.25, 0.3) is 0 Å². The van der Waals surface area contributed by atoms with Crippen LogP contribution >= 0.6 is 0 Å². The van der Waals surface area contributed by atoms with Gasteiger partial charge in [-0.3, -0.25) is 9.59 Å². The lowest BCUT2D eigenvalue weighted by atomic mass is 9.95. The molecule has 0 unspecified atom stereocenters. The molecule has 0 radical (unpaired) electrons. The molecule has 0 bridgehead atoms. The summed E-state index contributed by atoms with van der Waals surface area (Å²) >= 11 is 0. The summed E-state index contributed by atoms with van der Waals surface area (Å²) in [7, 11) is 3.50. The standard InChI is InChI=1S/C16H24N2O2/c1-16(2,3)15(20)17-13-8-6-7-12(11-13)9-10-14(19)18(4)5/h6-8,11H,9-10H2,1-5H3,(H,17,20). The second kappa shape index (κ2) is 6.55. The van der Waals surface area contributed by atoms with E-state index in [0.29, 0.717) is 12.8 Å². The number of carbonyl (C=O) groups excluding carboxylic acids is 2. The van der Waals surface area contributed by atoms with E-state index in [2.05, 4.69) is 5.32 Å². The van der Waals surface area contributed by atoms with Gasteiger partial charge in [0.2, 0.25) is 11.8 Å². The van der Waals surface area contributed by atoms with E-state index in [1.807, 2.05) is 45.0 Å². The average molecular weight is 276 g/mol. The van der Waals surface area contributed by atoms with Crippen LogP contribution in [0.1, 0.15) is 32.8 Å². The molecule has 0 fully saturated rings. The molecule has 4 heteroatoms. The van der Waals surface area contributed by atoms with E-state index < -0.39 is 5.41 Å². The molecule has 0 saturated carbocycles. The molecule has 0 aliphatic heterocycles. The van der Waals surface area contributed by atoms with Crippen molar-refractivity contribution in [1.29, 1.82) is 0 Å². The van der Waals surface area contributed by atoms with Gasteiger partial charge < -0.3 is 10.2 Å². The summed E-state index contributed by atoms with van der Waals surface area (Å²) < 4.78 is 0. The molecule has 0 aromatic heterocycles. The maximum atomic E-state index is 11.9. The average Bonchev–Trinajstić information content (AvgIpc) is 2.35. The van der Waals surface area contributed by atoms with E-state index in [1.54, 1.807) is 19.0 Å². The van der Waals surface area contributed by atoms with E-state index >= 15 is 0 Å². The first-order valence-electron chi connectivity index (χ1n) is 6.80. The van der Waals surface area contributed by atoms with Crippen molar-refractivity contribution in [1.82, 2.24) is 4.90 Å². The maximum Gasteiger partial charge on any atom is 0.229 e. The molecule has 0 spiro atoms. The first kappa shape index (κ1) is 16.2. The monoisotopic (exact) mass is 276 g/mol. The second-order valence-corrected chi connectivity index (χ2v) is 6.19. The third-order valence-electron chi connectivity index (χ3n) is 2.99. The largest absolute Gasteiger partial charge is 0.349 e. The van der Waals surface area contributed by atoms with E-state index in [-0.39, 0.29) is 11.8 Å². The lowest BCUT2D eigenvalue weighted by Crippen LogP contribution is -2.27. The van der Waals surface area contributed by atoms with Crippen LogP contribution < -0.4 is 5.32 Å². The van der Waals surface area contributed by atoms with Crippen molar-refractivity contribution in [3.05, 3.63) is 29.8 Å². The highest BCUT2D eigenvalue weighted by Crippen LogP contribution is 2.18. The number of amides is 2. The van der Waals surface area contributed by atoms with Crippen LogP contribution in [0, 0.1) is 5.41 Å². The van der Waals surface area contributed by atoms with Crippen molar-refractivity contribution in [3.8, 4) is 0 Å². The Bertz CT molecular complexity index is 487. The predicted octanol–water partition coefficient (Wildman–Crippen LogP) is 2.69. The number of carbonyl (C=O) groups is 2. The van der Waals surface area contributed by atoms with Gasteiger partial charge >= 0.3 is 0 Å². The molecular formula is C16H24N2O2. The number of aryl methyl sites for hydroxylation is 1. The third kappa shape index (κ3) is 5.03. The van der Waals surface area contributed by atoms with Crippen LogP contribution in [-0.4, -0.2) is 30.8 Å². The van der Waals surface area contributed by atoms with E-state index in [0.717, 1.165) is 11.3 Å². The molecule has 1 N–H and O–H groups in total. The lowest BCUT2D eigenvalue weighted by molar-refractivity contribution is -0.128. The Morgan fingerprint density at radius 3 is 2.40 bits per heavy atom. The lowest BCUT2D eigenvalue weighted by Gasteiger charge is -2.18. The minimum atomic E-state index is -0.420. The zero-order chi connectivity index (χ0) is 15.3. The highest BCUT2D eigenvalue weighted by Gasteiger charge is 2.21. The molecule has 0 aliphatic carbocycles. The summed E-state index contributed by atoms with van der Waals surface area (Å²) in [6, 6.07) is 7.65. The summed E-state index contributed by atoms with van der Waals surface area (Å²) in [5, 5.41) is 2.90. The Hall–Kier alpha value is -1.84. The molecule has 4 nitrogen and oxygen atoms in total. The van der Waals surface area contributed by atoms with Gasteiger partial charge in [-0.25, -0.2) is 0 Å². The molecule has 1 rings (SSSR count). The van der Waals surface area contributed by atoms with Crippen molar-refractivity contribution < 1.29 is 9.59 Å². The van der Waals surface area contributed by atoms with Crippen LogP contribution in [-0.2, 0) is 16.0 Å². The minimum Gasteiger partial charge on any atom is -0.349 e. The summed E-state index contributed by atoms with van der Waals surface area (Å²) in [5.74, 6) is 0.0909. The van der Waals surface area contributed by atoms with Gasteiger partial charge in [0.25, 0.3) is 0 Å². The molecule has 110 valence electrons. The molecular weight excluding hydrogens is 252 g/mol. The Balaban J connectivity index is 2.67. The fraction of sp³-hybridized carbons (Fsp3) is 0.500. The molecule has 0 aliphatic rings. The van der Waals surface area contributed by atoms with Gasteiger partial charge in [0, 0.05) is 31.6 Å². The highest BCUT2D eigenvalue weighted by atomic mass is 16.2. The first-order valence-corrected chi connectivity index (χ1v) is 6.80. The minimum absolute atomic E-state index is 0.0148. The molecule has 2 amide bonds. The molecule has 0 atom stereocenters. The number of nitrogens with zero attached hydrogens (tertiary/aromatic N) is 1. The smallest absolute Gasteiger partial charge is 0.229 e. The topological polar surface area (TPSA) is 49.4 Å². The summed E-state index contributed by atoms with van der Waals surface area (Å²) in [6.07, 6.45) is 1.15. The Kier molecular flexibility index (Phi) is 5.31. The molecule has 1 aromatic carbocycles. The molecule has 0 heterocycles. The van der Waals surface area contributed by atoms with Crippen molar-refractivity contribution >= 4 is 17.5 Å². The van der Waals surface area contributed by atoms with Crippen molar-refractivity contribution in [2.75, 3.05) is 19.4 Å². The van der Waals surface area contributed by atoms with Gasteiger partial charge in [0.05, 0.1) is 0 Å². The van der Waals surface area contributed by atoms with Gasteiger partial charge in [-0.1, -0.05) is 32.9 Å². The Morgan fingerprint density at radius 1 is 1.20 bits per heavy atom. The summed E-state index contributed by atoms with van der Waals surface area (Å²) in [4.78, 5) is 25.1. The summed E-state index contributed by atoms with van der Waals surface area (Å²) in [5.41, 5.74) is 1.41. The number of hydrogen-bond acceptors (Lipinski definition) is 2. The highest BCUT2D eigenvalue weighted by molar-refractivity contribution is 5.94. The number of benzene rings is 1. The SMILES string of the molecule is CN(C)C(=O)CCc1cccc(NC(=O)C(C)(C)C)c1. The Morgan fingerprint density at radius 2 is 1.85 bits per heavy atom. The first-order chi connectivity index (χ1) is 9.20. The van der Waals surface area contributed by atoms with Gasteiger partial charge in [0.1, 0.15) is 0 Å². The number of anilines is 1.